The van der Waals surface area contributed by atoms with Gasteiger partial charge in [-0.15, -0.1) is 11.3 Å². The number of methoxy groups -OCH3 is 4. The first kappa shape index (κ1) is 42.6. The highest BCUT2D eigenvalue weighted by molar-refractivity contribution is 7.89. The second-order valence-corrected chi connectivity index (χ2v) is 17.4. The average molecular weight is 858 g/mol. The highest BCUT2D eigenvalue weighted by Crippen LogP contribution is 2.25. The maximum Gasteiger partial charge on any atom is 0.263 e. The fourth-order valence-electron chi connectivity index (χ4n) is 5.73. The molecular weight excluding hydrogens is 815 g/mol. The van der Waals surface area contributed by atoms with Crippen LogP contribution in [0.5, 0.6) is 23.0 Å². The van der Waals surface area contributed by atoms with Crippen molar-refractivity contribution in [2.45, 2.75) is 36.2 Å². The Kier molecular flexibility index (Phi) is 14.1. The molecule has 0 spiro atoms. The van der Waals surface area contributed by atoms with Gasteiger partial charge in [-0.3, -0.25) is 5.10 Å². The van der Waals surface area contributed by atoms with E-state index in [0.717, 1.165) is 33.8 Å². The van der Waals surface area contributed by atoms with Crippen molar-refractivity contribution in [3.8, 4) is 28.1 Å². The quantitative estimate of drug-likeness (QED) is 0.105. The van der Waals surface area contributed by atoms with E-state index in [9.17, 15) is 16.8 Å². The van der Waals surface area contributed by atoms with Crippen LogP contribution in [0.4, 0.5) is 0 Å². The summed E-state index contributed by atoms with van der Waals surface area (Å²) in [6, 6.07) is 32.2. The number of nitrogens with zero attached hydrogens (tertiary/aromatic N) is 6. The van der Waals surface area contributed by atoms with E-state index in [1.54, 1.807) is 40.8 Å². The first-order chi connectivity index (χ1) is 28.5. The van der Waals surface area contributed by atoms with Crippen molar-refractivity contribution in [3.05, 3.63) is 155 Å². The van der Waals surface area contributed by atoms with Crippen molar-refractivity contribution < 1.29 is 35.8 Å². The zero-order chi connectivity index (χ0) is 41.8. The number of nitrogens with one attached hydrogen (secondary N) is 1. The Hall–Kier alpha value is -6.05. The molecule has 59 heavy (non-hydrogen) atoms. The molecule has 4 aromatic carbocycles. The van der Waals surface area contributed by atoms with Gasteiger partial charge in [-0.05, 0) is 82.9 Å². The highest BCUT2D eigenvalue weighted by atomic mass is 32.2. The molecule has 308 valence electrons. The van der Waals surface area contributed by atoms with E-state index in [1.807, 2.05) is 102 Å². The zero-order valence-electron chi connectivity index (χ0n) is 32.7. The number of hydrogen-bond acceptors (Lipinski definition) is 12. The monoisotopic (exact) mass is 857 g/mol. The van der Waals surface area contributed by atoms with Crippen LogP contribution < -0.4 is 18.9 Å². The van der Waals surface area contributed by atoms with Crippen molar-refractivity contribution >= 4 is 31.4 Å². The normalized spacial score (nSPS) is 11.6. The van der Waals surface area contributed by atoms with Gasteiger partial charge in [0.25, 0.3) is 20.0 Å². The van der Waals surface area contributed by atoms with Crippen molar-refractivity contribution in [2.75, 3.05) is 28.4 Å². The van der Waals surface area contributed by atoms with Crippen molar-refractivity contribution in [1.29, 1.82) is 0 Å². The Morgan fingerprint density at radius 2 is 0.966 bits per heavy atom. The molecule has 0 aliphatic carbocycles. The number of thiazole rings is 1. The summed E-state index contributed by atoms with van der Waals surface area (Å²) in [5.41, 5.74) is 3.38. The zero-order valence-corrected chi connectivity index (χ0v) is 35.2. The van der Waals surface area contributed by atoms with E-state index >= 15 is 0 Å². The van der Waals surface area contributed by atoms with Gasteiger partial charge in [0.1, 0.15) is 23.0 Å². The van der Waals surface area contributed by atoms with Gasteiger partial charge in [-0.1, -0.05) is 48.5 Å². The molecule has 18 heteroatoms. The third-order valence-corrected chi connectivity index (χ3v) is 13.1. The van der Waals surface area contributed by atoms with Crippen LogP contribution in [0.15, 0.2) is 143 Å². The number of benzene rings is 4. The van der Waals surface area contributed by atoms with Gasteiger partial charge in [0.2, 0.25) is 5.13 Å². The Morgan fingerprint density at radius 3 is 1.31 bits per heavy atom. The van der Waals surface area contributed by atoms with Crippen LogP contribution in [0.25, 0.3) is 5.13 Å². The first-order valence-electron chi connectivity index (χ1n) is 18.0. The Morgan fingerprint density at radius 1 is 0.559 bits per heavy atom. The van der Waals surface area contributed by atoms with Gasteiger partial charge >= 0.3 is 0 Å². The first-order valence-corrected chi connectivity index (χ1v) is 21.8. The largest absolute Gasteiger partial charge is 0.497 e. The summed E-state index contributed by atoms with van der Waals surface area (Å²) < 4.78 is 78.2. The van der Waals surface area contributed by atoms with E-state index in [1.165, 1.54) is 43.0 Å². The summed E-state index contributed by atoms with van der Waals surface area (Å²) >= 11 is 1.38. The number of ether oxygens (including phenoxy) is 4. The fourth-order valence-corrected chi connectivity index (χ4v) is 8.95. The summed E-state index contributed by atoms with van der Waals surface area (Å²) in [4.78, 5) is 4.18. The lowest BCUT2D eigenvalue weighted by Crippen LogP contribution is -2.30. The summed E-state index contributed by atoms with van der Waals surface area (Å²) in [6.07, 6.45) is 4.67. The molecule has 7 rings (SSSR count). The number of hydrogen-bond donors (Lipinski definition) is 1. The highest BCUT2D eigenvalue weighted by Gasteiger charge is 2.29. The van der Waals surface area contributed by atoms with E-state index in [4.69, 9.17) is 18.9 Å². The summed E-state index contributed by atoms with van der Waals surface area (Å²) in [5, 5.41) is 13.0. The van der Waals surface area contributed by atoms with Crippen LogP contribution in [0.3, 0.4) is 0 Å². The van der Waals surface area contributed by atoms with Gasteiger partial charge in [0.05, 0.1) is 34.6 Å². The van der Waals surface area contributed by atoms with Crippen LogP contribution in [0.2, 0.25) is 0 Å². The van der Waals surface area contributed by atoms with Gasteiger partial charge < -0.3 is 18.9 Å². The van der Waals surface area contributed by atoms with Crippen LogP contribution in [-0.2, 0) is 46.2 Å². The third kappa shape index (κ3) is 10.9. The molecule has 0 aliphatic heterocycles. The van der Waals surface area contributed by atoms with Crippen molar-refractivity contribution in [1.82, 2.24) is 33.6 Å². The predicted molar refractivity (Wildman–Crippen MR) is 223 cm³/mol. The molecule has 0 saturated carbocycles. The molecule has 0 saturated heterocycles. The number of H-pyrrole nitrogens is 1. The second-order valence-electron chi connectivity index (χ2n) is 12.8. The van der Waals surface area contributed by atoms with E-state index < -0.39 is 20.0 Å². The summed E-state index contributed by atoms with van der Waals surface area (Å²) in [7, 11) is -1.25. The molecule has 15 nitrogen and oxygen atoms in total. The topological polar surface area (TPSA) is 171 Å². The average Bonchev–Trinajstić information content (AvgIpc) is 4.09. The molecule has 3 aromatic heterocycles. The molecule has 1 N–H and O–H groups in total. The smallest absolute Gasteiger partial charge is 0.263 e. The Bertz CT molecular complexity index is 2470. The molecule has 0 unspecified atom stereocenters. The summed E-state index contributed by atoms with van der Waals surface area (Å²) in [6.45, 7) is 0.805. The van der Waals surface area contributed by atoms with Crippen molar-refractivity contribution in [2.24, 2.45) is 0 Å². The number of aromatic amines is 1. The SMILES string of the molecule is COc1ccc(CN(Cc2ccc(OC)cc2)S(=O)(=O)c2ccn(-c3nccs3)n2)cc1.COc1ccc(CN(Cc2ccc(OC)cc2)S(=O)(=O)c2ccn[nH]2)cc1. The number of rotatable bonds is 17. The summed E-state index contributed by atoms with van der Waals surface area (Å²) in [5.74, 6) is 2.86. The molecule has 3 heterocycles. The van der Waals surface area contributed by atoms with E-state index in [0.29, 0.717) is 16.6 Å². The van der Waals surface area contributed by atoms with Gasteiger partial charge in [-0.25, -0.2) is 26.5 Å². The van der Waals surface area contributed by atoms with Gasteiger partial charge in [0.15, 0.2) is 10.1 Å². The third-order valence-electron chi connectivity index (χ3n) is 8.95. The van der Waals surface area contributed by atoms with E-state index in [2.05, 4.69) is 20.3 Å². The maximum absolute atomic E-state index is 13.6. The minimum atomic E-state index is -3.88. The minimum absolute atomic E-state index is 0.0327. The second kappa shape index (κ2) is 19.6. The number of aromatic nitrogens is 5. The standard InChI is InChI=1S/C22H22N4O4S2.C19H21N3O4S/c1-29-19-7-3-17(4-8-19)15-25(16-18-5-9-20(30-2)10-6-18)32(27,28)21-11-13-26(24-21)22-23-12-14-31-22;1-25-17-7-3-15(4-8-17)13-22(27(23,24)19-11-12-20-21-19)14-16-5-9-18(26-2)10-6-16/h3-14H,15-16H2,1-2H3;3-12H,13-14H2,1-2H3,(H,20,21). The van der Waals surface area contributed by atoms with Gasteiger partial charge in [0, 0.05) is 44.0 Å². The van der Waals surface area contributed by atoms with Crippen LogP contribution >= 0.6 is 11.3 Å². The molecule has 7 aromatic rings. The van der Waals surface area contributed by atoms with Crippen LogP contribution in [0.1, 0.15) is 22.3 Å². The lowest BCUT2D eigenvalue weighted by molar-refractivity contribution is 0.395. The minimum Gasteiger partial charge on any atom is -0.497 e. The fraction of sp³-hybridized carbons (Fsp3) is 0.195. The van der Waals surface area contributed by atoms with Crippen LogP contribution in [-0.4, -0.2) is 78.8 Å². The Labute approximate surface area is 347 Å². The molecule has 0 atom stereocenters. The molecule has 0 aliphatic rings. The molecular formula is C41H43N7O8S3. The Balaban J connectivity index is 0.000000201. The molecule has 0 amide bonds. The van der Waals surface area contributed by atoms with Gasteiger partial charge in [-0.2, -0.15) is 18.8 Å². The lowest BCUT2D eigenvalue weighted by Gasteiger charge is -2.22. The van der Waals surface area contributed by atoms with Crippen molar-refractivity contribution in [3.63, 3.8) is 0 Å². The maximum atomic E-state index is 13.6. The predicted octanol–water partition coefficient (Wildman–Crippen LogP) is 6.56. The molecule has 0 bridgehead atoms. The lowest BCUT2D eigenvalue weighted by atomic mass is 10.2. The van der Waals surface area contributed by atoms with Crippen LogP contribution in [0, 0.1) is 0 Å². The molecule has 0 fully saturated rings. The molecule has 0 radical (unpaired) electrons. The number of sulfonamides is 2. The van der Waals surface area contributed by atoms with E-state index in [-0.39, 0.29) is 36.2 Å².